The number of benzene rings is 1. The van der Waals surface area contributed by atoms with E-state index in [-0.39, 0.29) is 23.7 Å². The monoisotopic (exact) mass is 373 g/mol. The fraction of sp³-hybridized carbons (Fsp3) is 0.500. The van der Waals surface area contributed by atoms with Crippen LogP contribution in [0.4, 0.5) is 5.69 Å². The topological polar surface area (TPSA) is 43.9 Å². The van der Waals surface area contributed by atoms with Crippen LogP contribution in [0, 0.1) is 18.8 Å². The van der Waals surface area contributed by atoms with Crippen LogP contribution < -0.4 is 4.90 Å². The van der Waals surface area contributed by atoms with Gasteiger partial charge in [-0.25, -0.2) is 0 Å². The summed E-state index contributed by atoms with van der Waals surface area (Å²) in [5.41, 5.74) is 2.38. The molecule has 5 nitrogen and oxygen atoms in total. The molecule has 1 aromatic rings. The van der Waals surface area contributed by atoms with Crippen molar-refractivity contribution in [1.29, 1.82) is 0 Å². The Morgan fingerprint density at radius 3 is 2.23 bits per heavy atom. The van der Waals surface area contributed by atoms with E-state index in [1.54, 1.807) is 0 Å². The first-order valence-electron chi connectivity index (χ1n) is 9.28. The highest BCUT2D eigenvalue weighted by Crippen LogP contribution is 2.35. The number of aryl methyl sites for hydroxylation is 1. The zero-order valence-corrected chi connectivity index (χ0v) is 15.8. The molecular weight excluding hydrogens is 350 g/mol. The molecule has 2 fully saturated rings. The third-order valence-corrected chi connectivity index (χ3v) is 6.06. The molecule has 0 saturated carbocycles. The molecule has 0 spiro atoms. The van der Waals surface area contributed by atoms with Crippen LogP contribution in [-0.2, 0) is 9.59 Å². The summed E-state index contributed by atoms with van der Waals surface area (Å²) < 4.78 is 0. The SMILES string of the molecule is Cc1ccc(Cl)cc1N1CCN(CN2C(=O)[C@@H]3CC=CC[C@H]3C2=O)CC1. The van der Waals surface area contributed by atoms with Crippen molar-refractivity contribution in [3.63, 3.8) is 0 Å². The molecular formula is C20H24ClN3O2. The molecule has 2 amide bonds. The van der Waals surface area contributed by atoms with E-state index in [0.717, 1.165) is 31.2 Å². The summed E-state index contributed by atoms with van der Waals surface area (Å²) in [5.74, 6) is -0.249. The first-order valence-corrected chi connectivity index (χ1v) is 9.66. The van der Waals surface area contributed by atoms with E-state index in [1.807, 2.05) is 30.4 Å². The van der Waals surface area contributed by atoms with Gasteiger partial charge in [-0.05, 0) is 37.5 Å². The van der Waals surface area contributed by atoms with E-state index < -0.39 is 0 Å². The van der Waals surface area contributed by atoms with E-state index in [4.69, 9.17) is 11.6 Å². The number of fused-ring (bicyclic) bond motifs is 1. The molecule has 4 rings (SSSR count). The molecule has 1 aromatic carbocycles. The molecule has 2 atom stereocenters. The number of hydrogen-bond acceptors (Lipinski definition) is 4. The number of allylic oxidation sites excluding steroid dienone is 2. The molecule has 0 unspecified atom stereocenters. The number of carbonyl (C=O) groups excluding carboxylic acids is 2. The molecule has 0 N–H and O–H groups in total. The fourth-order valence-corrected chi connectivity index (χ4v) is 4.43. The number of imide groups is 1. The molecule has 138 valence electrons. The van der Waals surface area contributed by atoms with Crippen LogP contribution in [0.1, 0.15) is 18.4 Å². The molecule has 3 aliphatic rings. The number of nitrogens with zero attached hydrogens (tertiary/aromatic N) is 3. The van der Waals surface area contributed by atoms with Gasteiger partial charge >= 0.3 is 0 Å². The van der Waals surface area contributed by atoms with Crippen LogP contribution in [0.3, 0.4) is 0 Å². The first kappa shape index (κ1) is 17.6. The van der Waals surface area contributed by atoms with E-state index in [0.29, 0.717) is 19.5 Å². The molecule has 2 heterocycles. The van der Waals surface area contributed by atoms with Gasteiger partial charge in [-0.15, -0.1) is 0 Å². The van der Waals surface area contributed by atoms with Gasteiger partial charge in [0.15, 0.2) is 0 Å². The molecule has 2 saturated heterocycles. The maximum absolute atomic E-state index is 12.6. The molecule has 26 heavy (non-hydrogen) atoms. The van der Waals surface area contributed by atoms with Gasteiger partial charge in [-0.1, -0.05) is 29.8 Å². The predicted molar refractivity (Wildman–Crippen MR) is 102 cm³/mol. The number of hydrogen-bond donors (Lipinski definition) is 0. The highest BCUT2D eigenvalue weighted by atomic mass is 35.5. The van der Waals surface area contributed by atoms with Crippen LogP contribution in [-0.4, -0.2) is 54.5 Å². The second-order valence-electron chi connectivity index (χ2n) is 7.44. The van der Waals surface area contributed by atoms with E-state index >= 15 is 0 Å². The third kappa shape index (κ3) is 3.14. The van der Waals surface area contributed by atoms with Crippen molar-refractivity contribution in [3.8, 4) is 0 Å². The van der Waals surface area contributed by atoms with Gasteiger partial charge in [0.05, 0.1) is 18.5 Å². The molecule has 6 heteroatoms. The smallest absolute Gasteiger partial charge is 0.234 e. The average Bonchev–Trinajstić information content (AvgIpc) is 2.90. The van der Waals surface area contributed by atoms with Gasteiger partial charge in [-0.3, -0.25) is 19.4 Å². The number of halogens is 1. The summed E-state index contributed by atoms with van der Waals surface area (Å²) >= 11 is 6.15. The Morgan fingerprint density at radius 1 is 1.00 bits per heavy atom. The predicted octanol–water partition coefficient (Wildman–Crippen LogP) is 2.68. The van der Waals surface area contributed by atoms with Crippen LogP contribution in [0.15, 0.2) is 30.4 Å². The number of rotatable bonds is 3. The van der Waals surface area contributed by atoms with Crippen molar-refractivity contribution < 1.29 is 9.59 Å². The van der Waals surface area contributed by atoms with Crippen molar-refractivity contribution in [3.05, 3.63) is 40.9 Å². The molecule has 2 aliphatic heterocycles. The quantitative estimate of drug-likeness (QED) is 0.603. The van der Waals surface area contributed by atoms with Crippen LogP contribution in [0.5, 0.6) is 0 Å². The summed E-state index contributed by atoms with van der Waals surface area (Å²) in [7, 11) is 0. The van der Waals surface area contributed by atoms with Gasteiger partial charge in [0.25, 0.3) is 0 Å². The number of piperazine rings is 1. The van der Waals surface area contributed by atoms with Crippen molar-refractivity contribution >= 4 is 29.1 Å². The fourth-order valence-electron chi connectivity index (χ4n) is 4.26. The summed E-state index contributed by atoms with van der Waals surface area (Å²) in [4.78, 5) is 31.2. The Balaban J connectivity index is 1.38. The first-order chi connectivity index (χ1) is 12.5. The van der Waals surface area contributed by atoms with Gasteiger partial charge in [0, 0.05) is 36.9 Å². The van der Waals surface area contributed by atoms with Crippen molar-refractivity contribution in [1.82, 2.24) is 9.80 Å². The second kappa shape index (κ2) is 7.05. The minimum absolute atomic E-state index is 0.0115. The van der Waals surface area contributed by atoms with Crippen molar-refractivity contribution in [2.45, 2.75) is 19.8 Å². The lowest BCUT2D eigenvalue weighted by atomic mass is 9.85. The lowest BCUT2D eigenvalue weighted by molar-refractivity contribution is -0.142. The number of carbonyl (C=O) groups is 2. The van der Waals surface area contributed by atoms with E-state index in [9.17, 15) is 9.59 Å². The Kier molecular flexibility index (Phi) is 4.76. The maximum Gasteiger partial charge on any atom is 0.234 e. The van der Waals surface area contributed by atoms with E-state index in [2.05, 4.69) is 16.7 Å². The molecule has 0 bridgehead atoms. The summed E-state index contributed by atoms with van der Waals surface area (Å²) in [6.07, 6.45) is 5.46. The zero-order valence-electron chi connectivity index (χ0n) is 15.0. The van der Waals surface area contributed by atoms with Crippen molar-refractivity contribution in [2.75, 3.05) is 37.7 Å². The summed E-state index contributed by atoms with van der Waals surface area (Å²) in [5, 5.41) is 0.748. The molecule has 1 aliphatic carbocycles. The Bertz CT molecular complexity index is 729. The standard InChI is InChI=1S/C20H24ClN3O2/c1-14-6-7-15(21)12-18(14)23-10-8-22(9-11-23)13-24-19(25)16-4-2-3-5-17(16)20(24)26/h2-3,6-7,12,16-17H,4-5,8-11,13H2,1H3/t16-,17-/m1/s1. The zero-order chi connectivity index (χ0) is 18.3. The molecule has 0 radical (unpaired) electrons. The third-order valence-electron chi connectivity index (χ3n) is 5.82. The van der Waals surface area contributed by atoms with Crippen LogP contribution in [0.2, 0.25) is 5.02 Å². The Labute approximate surface area is 159 Å². The maximum atomic E-state index is 12.6. The average molecular weight is 374 g/mol. The Morgan fingerprint density at radius 2 is 1.62 bits per heavy atom. The normalized spacial score (nSPS) is 26.5. The molecule has 0 aromatic heterocycles. The second-order valence-corrected chi connectivity index (χ2v) is 7.87. The van der Waals surface area contributed by atoms with E-state index in [1.165, 1.54) is 16.2 Å². The van der Waals surface area contributed by atoms with Gasteiger partial charge in [-0.2, -0.15) is 0 Å². The highest BCUT2D eigenvalue weighted by Gasteiger charge is 2.47. The lowest BCUT2D eigenvalue weighted by Crippen LogP contribution is -2.51. The van der Waals surface area contributed by atoms with Crippen LogP contribution >= 0.6 is 11.6 Å². The summed E-state index contributed by atoms with van der Waals surface area (Å²) in [6, 6.07) is 5.97. The Hall–Kier alpha value is -1.85. The number of likely N-dealkylation sites (tertiary alicyclic amines) is 1. The van der Waals surface area contributed by atoms with Crippen molar-refractivity contribution in [2.24, 2.45) is 11.8 Å². The van der Waals surface area contributed by atoms with Crippen LogP contribution in [0.25, 0.3) is 0 Å². The largest absolute Gasteiger partial charge is 0.369 e. The summed E-state index contributed by atoms with van der Waals surface area (Å²) in [6.45, 7) is 5.91. The highest BCUT2D eigenvalue weighted by molar-refractivity contribution is 6.30. The van der Waals surface area contributed by atoms with Gasteiger partial charge in [0.2, 0.25) is 11.8 Å². The minimum Gasteiger partial charge on any atom is -0.369 e. The van der Waals surface area contributed by atoms with Gasteiger partial charge < -0.3 is 4.90 Å². The number of amides is 2. The lowest BCUT2D eigenvalue weighted by Gasteiger charge is -2.38. The minimum atomic E-state index is -0.136. The number of anilines is 1. The van der Waals surface area contributed by atoms with Gasteiger partial charge in [0.1, 0.15) is 0 Å².